The standard InChI is InChI=1S/C14H27NO5S/c1-4-20-13(16)12-5-7-14(17,8-6-12)11-15(2)9-10-21(3,18)19/h12,17H,4-11H2,1-3H3. The van der Waals surface area contributed by atoms with E-state index in [1.807, 2.05) is 4.90 Å². The number of likely N-dealkylation sites (N-methyl/N-ethyl adjacent to an activating group) is 1. The monoisotopic (exact) mass is 321 g/mol. The molecule has 0 atom stereocenters. The molecule has 0 unspecified atom stereocenters. The lowest BCUT2D eigenvalue weighted by molar-refractivity contribution is -0.151. The average Bonchev–Trinajstić information content (AvgIpc) is 2.36. The molecule has 0 radical (unpaired) electrons. The maximum Gasteiger partial charge on any atom is 0.308 e. The molecule has 1 fully saturated rings. The number of ether oxygens (including phenoxy) is 1. The molecule has 124 valence electrons. The Hall–Kier alpha value is -0.660. The molecule has 7 heteroatoms. The molecular weight excluding hydrogens is 294 g/mol. The summed E-state index contributed by atoms with van der Waals surface area (Å²) in [5.74, 6) is -0.207. The van der Waals surface area contributed by atoms with E-state index in [1.165, 1.54) is 6.26 Å². The van der Waals surface area contributed by atoms with Crippen LogP contribution >= 0.6 is 0 Å². The fourth-order valence-electron chi connectivity index (χ4n) is 2.71. The van der Waals surface area contributed by atoms with Crippen LogP contribution in [0.15, 0.2) is 0 Å². The van der Waals surface area contributed by atoms with Gasteiger partial charge in [-0.2, -0.15) is 0 Å². The van der Waals surface area contributed by atoms with E-state index in [4.69, 9.17) is 4.74 Å². The minimum absolute atomic E-state index is 0.0883. The van der Waals surface area contributed by atoms with Crippen molar-refractivity contribution in [1.82, 2.24) is 4.90 Å². The summed E-state index contributed by atoms with van der Waals surface area (Å²) in [6.45, 7) is 3.00. The molecule has 0 aromatic heterocycles. The van der Waals surface area contributed by atoms with Crippen LogP contribution in [0.5, 0.6) is 0 Å². The van der Waals surface area contributed by atoms with Gasteiger partial charge in [-0.1, -0.05) is 0 Å². The summed E-state index contributed by atoms with van der Waals surface area (Å²) in [5.41, 5.74) is -0.838. The molecule has 0 amide bonds. The van der Waals surface area contributed by atoms with Crippen molar-refractivity contribution in [1.29, 1.82) is 0 Å². The van der Waals surface area contributed by atoms with E-state index < -0.39 is 15.4 Å². The van der Waals surface area contributed by atoms with Crippen LogP contribution in [0.3, 0.4) is 0 Å². The Morgan fingerprint density at radius 2 is 1.95 bits per heavy atom. The van der Waals surface area contributed by atoms with Gasteiger partial charge in [-0.25, -0.2) is 8.42 Å². The normalized spacial score (nSPS) is 26.8. The highest BCUT2D eigenvalue weighted by Gasteiger charge is 2.37. The quantitative estimate of drug-likeness (QED) is 0.685. The van der Waals surface area contributed by atoms with Crippen LogP contribution in [0.1, 0.15) is 32.6 Å². The molecule has 1 saturated carbocycles. The minimum Gasteiger partial charge on any atom is -0.466 e. The van der Waals surface area contributed by atoms with Gasteiger partial charge in [0.1, 0.15) is 9.84 Å². The molecule has 0 saturated heterocycles. The predicted octanol–water partition coefficient (Wildman–Crippen LogP) is 0.447. The molecule has 1 aliphatic rings. The molecule has 1 aliphatic carbocycles. The average molecular weight is 321 g/mol. The number of carbonyl (C=O) groups excluding carboxylic acids is 1. The van der Waals surface area contributed by atoms with Gasteiger partial charge in [0.25, 0.3) is 0 Å². The van der Waals surface area contributed by atoms with Crippen molar-refractivity contribution in [3.05, 3.63) is 0 Å². The Labute approximate surface area is 127 Å². The Kier molecular flexibility index (Phi) is 6.62. The third-order valence-electron chi connectivity index (χ3n) is 3.94. The van der Waals surface area contributed by atoms with Gasteiger partial charge >= 0.3 is 5.97 Å². The minimum atomic E-state index is -2.99. The van der Waals surface area contributed by atoms with Crippen molar-refractivity contribution >= 4 is 15.8 Å². The lowest BCUT2D eigenvalue weighted by Crippen LogP contribution is -2.46. The topological polar surface area (TPSA) is 83.9 Å². The first-order valence-electron chi connectivity index (χ1n) is 7.40. The first-order chi connectivity index (χ1) is 9.65. The van der Waals surface area contributed by atoms with E-state index in [-0.39, 0.29) is 17.6 Å². The Bertz CT molecular complexity index is 440. The molecule has 1 rings (SSSR count). The Morgan fingerprint density at radius 3 is 2.43 bits per heavy atom. The fraction of sp³-hybridized carbons (Fsp3) is 0.929. The van der Waals surface area contributed by atoms with E-state index in [0.717, 1.165) is 0 Å². The second kappa shape index (κ2) is 7.56. The molecule has 0 aliphatic heterocycles. The van der Waals surface area contributed by atoms with Crippen molar-refractivity contribution < 1.29 is 23.1 Å². The van der Waals surface area contributed by atoms with Crippen molar-refractivity contribution in [3.63, 3.8) is 0 Å². The van der Waals surface area contributed by atoms with E-state index in [0.29, 0.717) is 45.4 Å². The smallest absolute Gasteiger partial charge is 0.308 e. The van der Waals surface area contributed by atoms with Crippen molar-refractivity contribution in [2.75, 3.05) is 38.8 Å². The third kappa shape index (κ3) is 6.76. The summed E-state index contributed by atoms with van der Waals surface area (Å²) in [7, 11) is -1.18. The van der Waals surface area contributed by atoms with Crippen LogP contribution in [0.4, 0.5) is 0 Å². The number of esters is 1. The van der Waals surface area contributed by atoms with Gasteiger partial charge in [-0.05, 0) is 39.7 Å². The number of rotatable bonds is 7. The summed E-state index contributed by atoms with van der Waals surface area (Å²) in [6.07, 6.45) is 3.53. The number of sulfone groups is 1. The highest BCUT2D eigenvalue weighted by atomic mass is 32.2. The fourth-order valence-corrected chi connectivity index (χ4v) is 3.36. The Morgan fingerprint density at radius 1 is 1.38 bits per heavy atom. The second-order valence-corrected chi connectivity index (χ2v) is 8.38. The number of carbonyl (C=O) groups is 1. The molecule has 0 heterocycles. The highest BCUT2D eigenvalue weighted by molar-refractivity contribution is 7.90. The summed E-state index contributed by atoms with van der Waals surface area (Å²) in [6, 6.07) is 0. The van der Waals surface area contributed by atoms with E-state index in [9.17, 15) is 18.3 Å². The summed E-state index contributed by atoms with van der Waals surface area (Å²) in [5, 5.41) is 10.6. The van der Waals surface area contributed by atoms with Gasteiger partial charge in [0.05, 0.1) is 23.9 Å². The summed E-state index contributed by atoms with van der Waals surface area (Å²) in [4.78, 5) is 13.5. The number of aliphatic hydroxyl groups is 1. The van der Waals surface area contributed by atoms with Crippen molar-refractivity contribution in [3.8, 4) is 0 Å². The van der Waals surface area contributed by atoms with Gasteiger partial charge in [0, 0.05) is 19.3 Å². The zero-order valence-corrected chi connectivity index (χ0v) is 14.0. The van der Waals surface area contributed by atoms with Gasteiger partial charge in [-0.15, -0.1) is 0 Å². The number of hydrogen-bond donors (Lipinski definition) is 1. The van der Waals surface area contributed by atoms with Crippen LogP contribution in [0.2, 0.25) is 0 Å². The molecule has 21 heavy (non-hydrogen) atoms. The largest absolute Gasteiger partial charge is 0.466 e. The van der Waals surface area contributed by atoms with E-state index >= 15 is 0 Å². The van der Waals surface area contributed by atoms with Gasteiger partial charge < -0.3 is 14.7 Å². The molecule has 0 spiro atoms. The maximum atomic E-state index is 11.7. The van der Waals surface area contributed by atoms with E-state index in [2.05, 4.69) is 0 Å². The number of nitrogens with zero attached hydrogens (tertiary/aromatic N) is 1. The molecule has 0 aromatic carbocycles. The van der Waals surface area contributed by atoms with Gasteiger partial charge in [0.2, 0.25) is 0 Å². The van der Waals surface area contributed by atoms with Crippen LogP contribution in [-0.4, -0.2) is 68.7 Å². The van der Waals surface area contributed by atoms with Crippen molar-refractivity contribution in [2.45, 2.75) is 38.2 Å². The zero-order valence-electron chi connectivity index (χ0n) is 13.2. The lowest BCUT2D eigenvalue weighted by Gasteiger charge is -2.37. The predicted molar refractivity (Wildman–Crippen MR) is 80.7 cm³/mol. The van der Waals surface area contributed by atoms with Crippen LogP contribution in [0.25, 0.3) is 0 Å². The van der Waals surface area contributed by atoms with E-state index in [1.54, 1.807) is 14.0 Å². The summed E-state index contributed by atoms with van der Waals surface area (Å²) < 4.78 is 27.3. The van der Waals surface area contributed by atoms with Crippen LogP contribution < -0.4 is 0 Å². The molecule has 6 nitrogen and oxygen atoms in total. The summed E-state index contributed by atoms with van der Waals surface area (Å²) >= 11 is 0. The van der Waals surface area contributed by atoms with Crippen molar-refractivity contribution in [2.24, 2.45) is 5.92 Å². The lowest BCUT2D eigenvalue weighted by atomic mass is 9.78. The second-order valence-electron chi connectivity index (χ2n) is 6.12. The third-order valence-corrected chi connectivity index (χ3v) is 4.87. The first-order valence-corrected chi connectivity index (χ1v) is 9.46. The first kappa shape index (κ1) is 18.4. The number of hydrogen-bond acceptors (Lipinski definition) is 6. The molecule has 0 aromatic rings. The highest BCUT2D eigenvalue weighted by Crippen LogP contribution is 2.33. The molecular formula is C14H27NO5S. The Balaban J connectivity index is 2.41. The molecule has 1 N–H and O–H groups in total. The maximum absolute atomic E-state index is 11.7. The van der Waals surface area contributed by atoms with Crippen LogP contribution in [-0.2, 0) is 19.4 Å². The van der Waals surface area contributed by atoms with Gasteiger partial charge in [-0.3, -0.25) is 4.79 Å². The van der Waals surface area contributed by atoms with Gasteiger partial charge in [0.15, 0.2) is 0 Å². The SMILES string of the molecule is CCOC(=O)C1CCC(O)(CN(C)CCS(C)(=O)=O)CC1. The van der Waals surface area contributed by atoms with Crippen LogP contribution in [0, 0.1) is 5.92 Å². The zero-order chi connectivity index (χ0) is 16.1. The molecule has 0 bridgehead atoms.